The molecule has 0 heterocycles. The fraction of sp³-hybridized carbons (Fsp3) is 0.462. The van der Waals surface area contributed by atoms with Crippen molar-refractivity contribution >= 4 is 27.5 Å². The lowest BCUT2D eigenvalue weighted by Gasteiger charge is -2.29. The molecular weight excluding hydrogens is 507 g/mol. The maximum absolute atomic E-state index is 13.2. The van der Waals surface area contributed by atoms with Crippen LogP contribution in [0.1, 0.15) is 50.7 Å². The van der Waals surface area contributed by atoms with Crippen LogP contribution in [-0.4, -0.2) is 50.5 Å². The minimum atomic E-state index is -4.62. The van der Waals surface area contributed by atoms with Crippen LogP contribution < -0.4 is 9.62 Å². The van der Waals surface area contributed by atoms with Crippen LogP contribution in [0.4, 0.5) is 18.9 Å². The molecule has 2 aromatic carbocycles. The number of nitrogens with zero attached hydrogens (tertiary/aromatic N) is 2. The maximum atomic E-state index is 13.2. The summed E-state index contributed by atoms with van der Waals surface area (Å²) in [5, 5.41) is 2.83. The summed E-state index contributed by atoms with van der Waals surface area (Å²) in [5.41, 5.74) is -0.271. The molecule has 0 spiro atoms. The van der Waals surface area contributed by atoms with Crippen molar-refractivity contribution in [3.63, 3.8) is 0 Å². The van der Waals surface area contributed by atoms with Gasteiger partial charge in [0.2, 0.25) is 21.8 Å². The van der Waals surface area contributed by atoms with E-state index in [1.165, 1.54) is 11.0 Å². The number of carbonyl (C=O) groups excluding carboxylic acids is 2. The van der Waals surface area contributed by atoms with Crippen molar-refractivity contribution in [2.45, 2.75) is 58.3 Å². The van der Waals surface area contributed by atoms with E-state index in [-0.39, 0.29) is 43.4 Å². The Bertz CT molecular complexity index is 1140. The predicted octanol–water partition coefficient (Wildman–Crippen LogP) is 4.59. The normalized spacial score (nSPS) is 12.6. The SMILES string of the molecule is CCCCNC(=O)[C@H](C)N(Cc1ccccc1)C(=O)CCCN(c1cccc(C(F)(F)F)c1)S(C)(=O)=O. The number of hydrogen-bond donors (Lipinski definition) is 1. The summed E-state index contributed by atoms with van der Waals surface area (Å²) in [6.07, 6.45) is -2.05. The molecule has 2 amide bonds. The quantitative estimate of drug-likeness (QED) is 0.376. The fourth-order valence-electron chi connectivity index (χ4n) is 3.74. The fourth-order valence-corrected chi connectivity index (χ4v) is 4.70. The summed E-state index contributed by atoms with van der Waals surface area (Å²) in [6.45, 7) is 4.12. The number of halogens is 3. The third-order valence-corrected chi connectivity index (χ3v) is 7.00. The van der Waals surface area contributed by atoms with Gasteiger partial charge in [-0.3, -0.25) is 13.9 Å². The Morgan fingerprint density at radius 3 is 2.30 bits per heavy atom. The minimum Gasteiger partial charge on any atom is -0.354 e. The topological polar surface area (TPSA) is 86.8 Å². The monoisotopic (exact) mass is 541 g/mol. The van der Waals surface area contributed by atoms with Crippen molar-refractivity contribution in [1.82, 2.24) is 10.2 Å². The Morgan fingerprint density at radius 2 is 1.70 bits per heavy atom. The zero-order valence-electron chi connectivity index (χ0n) is 21.3. The van der Waals surface area contributed by atoms with Crippen molar-refractivity contribution in [2.24, 2.45) is 0 Å². The molecule has 1 atom stereocenters. The molecule has 0 radical (unpaired) electrons. The summed E-state index contributed by atoms with van der Waals surface area (Å²) in [7, 11) is -3.91. The van der Waals surface area contributed by atoms with Gasteiger partial charge in [0.25, 0.3) is 0 Å². The molecular formula is C26H34F3N3O4S. The second-order valence-corrected chi connectivity index (χ2v) is 10.7. The molecule has 204 valence electrons. The van der Waals surface area contributed by atoms with Gasteiger partial charge >= 0.3 is 6.18 Å². The summed E-state index contributed by atoms with van der Waals surface area (Å²) >= 11 is 0. The number of nitrogens with one attached hydrogen (secondary N) is 1. The van der Waals surface area contributed by atoms with Crippen LogP contribution in [-0.2, 0) is 32.3 Å². The van der Waals surface area contributed by atoms with E-state index < -0.39 is 27.8 Å². The average molecular weight is 542 g/mol. The number of sulfonamides is 1. The number of amides is 2. The molecule has 0 aliphatic heterocycles. The molecule has 2 rings (SSSR count). The number of hydrogen-bond acceptors (Lipinski definition) is 4. The average Bonchev–Trinajstić information content (AvgIpc) is 2.84. The van der Waals surface area contributed by atoms with E-state index in [4.69, 9.17) is 0 Å². The summed E-state index contributed by atoms with van der Waals surface area (Å²) < 4.78 is 65.0. The lowest BCUT2D eigenvalue weighted by atomic mass is 10.1. The Balaban J connectivity index is 2.16. The van der Waals surface area contributed by atoms with Crippen LogP contribution in [0.2, 0.25) is 0 Å². The van der Waals surface area contributed by atoms with Gasteiger partial charge in [-0.05, 0) is 43.5 Å². The van der Waals surface area contributed by atoms with Crippen molar-refractivity contribution in [3.05, 3.63) is 65.7 Å². The zero-order valence-corrected chi connectivity index (χ0v) is 22.1. The van der Waals surface area contributed by atoms with Gasteiger partial charge in [0.15, 0.2) is 0 Å². The number of unbranched alkanes of at least 4 members (excludes halogenated alkanes) is 1. The zero-order chi connectivity index (χ0) is 27.6. The third kappa shape index (κ3) is 9.38. The second kappa shape index (κ2) is 13.5. The van der Waals surface area contributed by atoms with E-state index >= 15 is 0 Å². The van der Waals surface area contributed by atoms with Gasteiger partial charge in [0, 0.05) is 26.1 Å². The lowest BCUT2D eigenvalue weighted by Crippen LogP contribution is -2.47. The predicted molar refractivity (Wildman–Crippen MR) is 137 cm³/mol. The van der Waals surface area contributed by atoms with E-state index in [1.54, 1.807) is 6.92 Å². The molecule has 0 bridgehead atoms. The Hall–Kier alpha value is -3.08. The van der Waals surface area contributed by atoms with E-state index in [0.717, 1.165) is 47.2 Å². The highest BCUT2D eigenvalue weighted by molar-refractivity contribution is 7.92. The highest BCUT2D eigenvalue weighted by Gasteiger charge is 2.32. The molecule has 0 aliphatic rings. The molecule has 0 fully saturated rings. The van der Waals surface area contributed by atoms with Gasteiger partial charge in [-0.1, -0.05) is 49.7 Å². The van der Waals surface area contributed by atoms with E-state index in [0.29, 0.717) is 6.54 Å². The maximum Gasteiger partial charge on any atom is 0.416 e. The summed E-state index contributed by atoms with van der Waals surface area (Å²) in [4.78, 5) is 27.3. The van der Waals surface area contributed by atoms with Gasteiger partial charge < -0.3 is 10.2 Å². The number of anilines is 1. The van der Waals surface area contributed by atoms with Crippen LogP contribution in [0.3, 0.4) is 0 Å². The first-order chi connectivity index (χ1) is 17.3. The van der Waals surface area contributed by atoms with Crippen molar-refractivity contribution < 1.29 is 31.2 Å². The highest BCUT2D eigenvalue weighted by Crippen LogP contribution is 2.32. The van der Waals surface area contributed by atoms with E-state index in [9.17, 15) is 31.2 Å². The first-order valence-corrected chi connectivity index (χ1v) is 14.0. The Kier molecular flexibility index (Phi) is 11.0. The number of benzene rings is 2. The van der Waals surface area contributed by atoms with Crippen molar-refractivity contribution in [3.8, 4) is 0 Å². The Morgan fingerprint density at radius 1 is 1.03 bits per heavy atom. The number of rotatable bonds is 13. The Labute approximate surface area is 216 Å². The molecule has 7 nitrogen and oxygen atoms in total. The van der Waals surface area contributed by atoms with Gasteiger partial charge in [0.1, 0.15) is 6.04 Å². The second-order valence-electron chi connectivity index (χ2n) is 8.81. The molecule has 37 heavy (non-hydrogen) atoms. The molecule has 0 aliphatic carbocycles. The minimum absolute atomic E-state index is 0.0532. The van der Waals surface area contributed by atoms with Crippen LogP contribution in [0.15, 0.2) is 54.6 Å². The molecule has 2 aromatic rings. The first kappa shape index (κ1) is 30.1. The van der Waals surface area contributed by atoms with Gasteiger partial charge in [-0.2, -0.15) is 13.2 Å². The largest absolute Gasteiger partial charge is 0.416 e. The molecule has 1 N–H and O–H groups in total. The molecule has 0 aromatic heterocycles. The molecule has 11 heteroatoms. The first-order valence-electron chi connectivity index (χ1n) is 12.1. The van der Waals surface area contributed by atoms with E-state index in [2.05, 4.69) is 5.32 Å². The van der Waals surface area contributed by atoms with Crippen LogP contribution in [0.5, 0.6) is 0 Å². The van der Waals surface area contributed by atoms with Gasteiger partial charge in [-0.25, -0.2) is 8.42 Å². The van der Waals surface area contributed by atoms with Crippen LogP contribution in [0.25, 0.3) is 0 Å². The third-order valence-electron chi connectivity index (χ3n) is 5.81. The summed E-state index contributed by atoms with van der Waals surface area (Å²) in [6, 6.07) is 12.4. The van der Waals surface area contributed by atoms with Crippen molar-refractivity contribution in [1.29, 1.82) is 0 Å². The van der Waals surface area contributed by atoms with Gasteiger partial charge in [-0.15, -0.1) is 0 Å². The smallest absolute Gasteiger partial charge is 0.354 e. The standard InChI is InChI=1S/C26H34F3N3O4S/c1-4-5-16-30-25(34)20(2)31(19-21-11-7-6-8-12-21)24(33)15-10-17-32(37(3,35)36)23-14-9-13-22(18-23)26(27,28)29/h6-9,11-14,18,20H,4-5,10,15-17,19H2,1-3H3,(H,30,34)/t20-/m0/s1. The van der Waals surface area contributed by atoms with Crippen LogP contribution >= 0.6 is 0 Å². The molecule has 0 unspecified atom stereocenters. The lowest BCUT2D eigenvalue weighted by molar-refractivity contribution is -0.140. The number of carbonyl (C=O) groups is 2. The number of alkyl halides is 3. The molecule has 0 saturated carbocycles. The van der Waals surface area contributed by atoms with Gasteiger partial charge in [0.05, 0.1) is 17.5 Å². The summed E-state index contributed by atoms with van der Waals surface area (Å²) in [5.74, 6) is -0.654. The van der Waals surface area contributed by atoms with E-state index in [1.807, 2.05) is 37.3 Å². The molecule has 0 saturated heterocycles. The van der Waals surface area contributed by atoms with Crippen molar-refractivity contribution in [2.75, 3.05) is 23.7 Å². The van der Waals surface area contributed by atoms with Crippen LogP contribution in [0, 0.1) is 0 Å². The highest BCUT2D eigenvalue weighted by atomic mass is 32.2.